The number of aromatic amines is 1. The van der Waals surface area contributed by atoms with E-state index in [2.05, 4.69) is 38.8 Å². The van der Waals surface area contributed by atoms with Crippen molar-refractivity contribution in [2.75, 3.05) is 0 Å². The van der Waals surface area contributed by atoms with Gasteiger partial charge in [0.2, 0.25) is 0 Å². The molecule has 1 aromatic rings. The van der Waals surface area contributed by atoms with Crippen molar-refractivity contribution in [2.45, 2.75) is 65.4 Å². The normalized spacial score (nSPS) is 13.7. The Morgan fingerprint density at radius 1 is 1.36 bits per heavy atom. The Morgan fingerprint density at radius 3 is 2.36 bits per heavy atom. The molecule has 0 bridgehead atoms. The van der Waals surface area contributed by atoms with Crippen molar-refractivity contribution < 1.29 is 4.43 Å². The molecule has 1 heterocycles. The van der Waals surface area contributed by atoms with Crippen LogP contribution < -0.4 is 11.2 Å². The van der Waals surface area contributed by atoms with E-state index in [0.717, 1.165) is 0 Å². The highest BCUT2D eigenvalue weighted by molar-refractivity contribution is 6.74. The molecule has 0 aliphatic heterocycles. The predicted octanol–water partition coefficient (Wildman–Crippen LogP) is 2.13. The molecule has 0 saturated carbocycles. The first-order chi connectivity index (χ1) is 9.90. The summed E-state index contributed by atoms with van der Waals surface area (Å²) in [6.07, 6.45) is -0.185. The van der Waals surface area contributed by atoms with E-state index in [9.17, 15) is 9.59 Å². The molecule has 1 rings (SSSR count). The molecule has 0 amide bonds. The van der Waals surface area contributed by atoms with Crippen molar-refractivity contribution in [3.63, 3.8) is 0 Å². The van der Waals surface area contributed by atoms with Crippen LogP contribution in [0.5, 0.6) is 0 Å². The summed E-state index contributed by atoms with van der Waals surface area (Å²) in [5.41, 5.74) is -0.799. The molecular formula is C15H25N3O3Si. The van der Waals surface area contributed by atoms with E-state index in [4.69, 9.17) is 9.69 Å². The van der Waals surface area contributed by atoms with E-state index in [1.807, 2.05) is 13.0 Å². The third-order valence-electron chi connectivity index (χ3n) is 4.31. The first kappa shape index (κ1) is 18.4. The molecule has 0 aliphatic carbocycles. The molecule has 122 valence electrons. The maximum absolute atomic E-state index is 12.0. The van der Waals surface area contributed by atoms with Crippen LogP contribution in [0.25, 0.3) is 0 Å². The third-order valence-corrected chi connectivity index (χ3v) is 8.92. The molecule has 7 heteroatoms. The van der Waals surface area contributed by atoms with E-state index < -0.39 is 19.6 Å². The van der Waals surface area contributed by atoms with E-state index in [0.29, 0.717) is 12.2 Å². The Hall–Kier alpha value is -1.65. The van der Waals surface area contributed by atoms with Gasteiger partial charge in [0.15, 0.2) is 8.32 Å². The van der Waals surface area contributed by atoms with Crippen LogP contribution in [-0.2, 0) is 11.0 Å². The van der Waals surface area contributed by atoms with Crippen LogP contribution in [-0.4, -0.2) is 24.0 Å². The highest BCUT2D eigenvalue weighted by atomic mass is 28.4. The molecule has 1 unspecified atom stereocenters. The van der Waals surface area contributed by atoms with Gasteiger partial charge in [-0.2, -0.15) is 5.26 Å². The van der Waals surface area contributed by atoms with E-state index in [1.54, 1.807) is 6.92 Å². The Morgan fingerprint density at radius 2 is 1.91 bits per heavy atom. The van der Waals surface area contributed by atoms with Gasteiger partial charge in [-0.05, 0) is 32.0 Å². The minimum atomic E-state index is -1.94. The van der Waals surface area contributed by atoms with Crippen molar-refractivity contribution in [3.8, 4) is 6.07 Å². The molecule has 0 fully saturated rings. The molecular weight excluding hydrogens is 298 g/mol. The Bertz CT molecular complexity index is 705. The van der Waals surface area contributed by atoms with Crippen LogP contribution in [0.2, 0.25) is 18.1 Å². The largest absolute Gasteiger partial charge is 0.412 e. The number of nitrogens with one attached hydrogen (secondary N) is 1. The molecule has 0 radical (unpaired) electrons. The van der Waals surface area contributed by atoms with Gasteiger partial charge in [-0.3, -0.25) is 14.3 Å². The molecule has 22 heavy (non-hydrogen) atoms. The average Bonchev–Trinajstić information content (AvgIpc) is 2.32. The molecule has 0 spiro atoms. The minimum Gasteiger partial charge on any atom is -0.412 e. The number of H-pyrrole nitrogens is 1. The average molecular weight is 323 g/mol. The maximum atomic E-state index is 12.0. The Kier molecular flexibility index (Phi) is 5.20. The van der Waals surface area contributed by atoms with E-state index >= 15 is 0 Å². The second-order valence-corrected chi connectivity index (χ2v) is 11.9. The smallest absolute Gasteiger partial charge is 0.328 e. The van der Waals surface area contributed by atoms with E-state index in [1.165, 1.54) is 4.57 Å². The van der Waals surface area contributed by atoms with Crippen LogP contribution in [0.1, 0.15) is 39.0 Å². The van der Waals surface area contributed by atoms with Gasteiger partial charge in [0.25, 0.3) is 5.56 Å². The lowest BCUT2D eigenvalue weighted by molar-refractivity contribution is 0.176. The van der Waals surface area contributed by atoms with Crippen LogP contribution in [0, 0.1) is 18.3 Å². The summed E-state index contributed by atoms with van der Waals surface area (Å²) in [6.45, 7) is 14.6. The van der Waals surface area contributed by atoms with Crippen LogP contribution in [0.15, 0.2) is 9.59 Å². The van der Waals surface area contributed by atoms with Crippen molar-refractivity contribution in [2.24, 2.45) is 0 Å². The van der Waals surface area contributed by atoms with Gasteiger partial charge in [-0.1, -0.05) is 20.8 Å². The van der Waals surface area contributed by atoms with Gasteiger partial charge in [0.1, 0.15) is 11.6 Å². The van der Waals surface area contributed by atoms with Gasteiger partial charge in [-0.15, -0.1) is 0 Å². The zero-order valence-electron chi connectivity index (χ0n) is 14.4. The first-order valence-corrected chi connectivity index (χ1v) is 10.2. The van der Waals surface area contributed by atoms with Crippen molar-refractivity contribution >= 4 is 8.32 Å². The molecule has 6 nitrogen and oxygen atoms in total. The fourth-order valence-corrected chi connectivity index (χ4v) is 3.44. The fraction of sp³-hybridized carbons (Fsp3) is 0.667. The summed E-state index contributed by atoms with van der Waals surface area (Å²) in [5.74, 6) is 0. The molecule has 1 N–H and O–H groups in total. The van der Waals surface area contributed by atoms with Gasteiger partial charge < -0.3 is 4.43 Å². The number of nitriles is 1. The van der Waals surface area contributed by atoms with E-state index in [-0.39, 0.29) is 16.7 Å². The van der Waals surface area contributed by atoms with Gasteiger partial charge in [0, 0.05) is 5.69 Å². The lowest BCUT2D eigenvalue weighted by Crippen LogP contribution is -2.45. The molecule has 0 aliphatic rings. The molecule has 0 saturated heterocycles. The van der Waals surface area contributed by atoms with Gasteiger partial charge in [-0.25, -0.2) is 4.79 Å². The molecule has 0 aromatic carbocycles. The topological polar surface area (TPSA) is 87.9 Å². The van der Waals surface area contributed by atoms with Crippen LogP contribution >= 0.6 is 0 Å². The number of nitrogens with zero attached hydrogens (tertiary/aromatic N) is 2. The highest BCUT2D eigenvalue weighted by Gasteiger charge is 2.38. The summed E-state index contributed by atoms with van der Waals surface area (Å²) in [4.78, 5) is 25.7. The first-order valence-electron chi connectivity index (χ1n) is 7.32. The van der Waals surface area contributed by atoms with Crippen LogP contribution in [0.4, 0.5) is 0 Å². The zero-order valence-corrected chi connectivity index (χ0v) is 15.4. The van der Waals surface area contributed by atoms with Crippen molar-refractivity contribution in [1.29, 1.82) is 5.26 Å². The summed E-state index contributed by atoms with van der Waals surface area (Å²) in [7, 11) is -1.94. The quantitative estimate of drug-likeness (QED) is 0.860. The Balaban J connectivity index is 3.10. The van der Waals surface area contributed by atoms with Crippen molar-refractivity contribution in [3.05, 3.63) is 32.1 Å². The fourth-order valence-electron chi connectivity index (χ4n) is 2.00. The highest BCUT2D eigenvalue weighted by Crippen LogP contribution is 2.37. The number of aromatic nitrogens is 2. The second kappa shape index (κ2) is 6.22. The summed E-state index contributed by atoms with van der Waals surface area (Å²) in [5, 5.41) is 9.11. The minimum absolute atomic E-state index is 0.0286. The lowest BCUT2D eigenvalue weighted by atomic mass is 10.2. The molecule has 1 aromatic heterocycles. The summed E-state index contributed by atoms with van der Waals surface area (Å²) < 4.78 is 7.62. The SMILES string of the molecule is Cc1c(C#N)c(=O)[nH]c(=O)n1CC(C)O[Si](C)(C)C(C)(C)C. The maximum Gasteiger partial charge on any atom is 0.328 e. The van der Waals surface area contributed by atoms with Crippen LogP contribution in [0.3, 0.4) is 0 Å². The predicted molar refractivity (Wildman–Crippen MR) is 88.5 cm³/mol. The summed E-state index contributed by atoms with van der Waals surface area (Å²) >= 11 is 0. The third kappa shape index (κ3) is 3.75. The Labute approximate surface area is 131 Å². The number of hydrogen-bond donors (Lipinski definition) is 1. The summed E-state index contributed by atoms with van der Waals surface area (Å²) in [6, 6.07) is 1.84. The van der Waals surface area contributed by atoms with Gasteiger partial charge in [0.05, 0.1) is 12.6 Å². The zero-order chi connectivity index (χ0) is 17.3. The number of hydrogen-bond acceptors (Lipinski definition) is 4. The van der Waals surface area contributed by atoms with Crippen molar-refractivity contribution in [1.82, 2.24) is 9.55 Å². The monoisotopic (exact) mass is 323 g/mol. The molecule has 1 atom stereocenters. The second-order valence-electron chi connectivity index (χ2n) is 7.13. The van der Waals surface area contributed by atoms with Gasteiger partial charge >= 0.3 is 5.69 Å². The number of rotatable bonds is 4. The lowest BCUT2D eigenvalue weighted by Gasteiger charge is -2.38. The standard InChI is InChI=1S/C15H25N3O3Si/c1-10(21-22(6,7)15(3,4)5)9-18-11(2)12(8-16)13(19)17-14(18)20/h10H,9H2,1-7H3,(H,17,19,20).